The lowest BCUT2D eigenvalue weighted by Crippen LogP contribution is -2.75. The molecule has 120 valence electrons. The van der Waals surface area contributed by atoms with E-state index in [0.717, 1.165) is 5.56 Å². The SMILES string of the molecule is CC(C)(C)[Si](C)(C)N1C(=O)[C@H](Cc2ccncc2)[C@H]1C(=O)O. The third-order valence-electron chi connectivity index (χ3n) is 5.11. The predicted molar refractivity (Wildman–Crippen MR) is 86.9 cm³/mol. The average molecular weight is 320 g/mol. The van der Waals surface area contributed by atoms with Gasteiger partial charge in [0.2, 0.25) is 5.91 Å². The standard InChI is InChI=1S/C16H24N2O3Si/c1-16(2,3)22(4,5)18-13(15(20)21)12(14(18)19)10-11-6-8-17-9-7-11/h6-9,12-13H,10H2,1-5H3,(H,20,21)/t12-,13+/m1/s1. The normalized spacial score (nSPS) is 22.4. The molecule has 1 aliphatic rings. The second-order valence-corrected chi connectivity index (χ2v) is 12.6. The molecule has 1 aromatic rings. The zero-order valence-electron chi connectivity index (χ0n) is 13.8. The number of nitrogens with zero attached hydrogens (tertiary/aromatic N) is 2. The fourth-order valence-corrected chi connectivity index (χ4v) is 5.21. The second kappa shape index (κ2) is 5.50. The van der Waals surface area contributed by atoms with Gasteiger partial charge in [0.15, 0.2) is 8.24 Å². The summed E-state index contributed by atoms with van der Waals surface area (Å²) < 4.78 is 1.68. The molecule has 0 spiro atoms. The second-order valence-electron chi connectivity index (χ2n) is 7.47. The third kappa shape index (κ3) is 2.67. The first-order valence-electron chi connectivity index (χ1n) is 7.52. The highest BCUT2D eigenvalue weighted by molar-refractivity contribution is 6.80. The van der Waals surface area contributed by atoms with E-state index in [9.17, 15) is 14.7 Å². The molecule has 0 bridgehead atoms. The van der Waals surface area contributed by atoms with Crippen molar-refractivity contribution in [3.05, 3.63) is 30.1 Å². The summed E-state index contributed by atoms with van der Waals surface area (Å²) in [5.41, 5.74) is 0.953. The number of hydrogen-bond acceptors (Lipinski definition) is 3. The first kappa shape index (κ1) is 16.7. The topological polar surface area (TPSA) is 70.5 Å². The molecule has 1 aliphatic heterocycles. The maximum atomic E-state index is 12.7. The zero-order valence-corrected chi connectivity index (χ0v) is 14.8. The fraction of sp³-hybridized carbons (Fsp3) is 0.562. The van der Waals surface area contributed by atoms with Crippen LogP contribution in [0.1, 0.15) is 26.3 Å². The number of carbonyl (C=O) groups is 2. The Morgan fingerprint density at radius 1 is 1.32 bits per heavy atom. The smallest absolute Gasteiger partial charge is 0.326 e. The van der Waals surface area contributed by atoms with Gasteiger partial charge in [0.1, 0.15) is 6.04 Å². The van der Waals surface area contributed by atoms with Gasteiger partial charge in [-0.05, 0) is 29.2 Å². The van der Waals surface area contributed by atoms with Crippen molar-refractivity contribution in [2.24, 2.45) is 5.92 Å². The van der Waals surface area contributed by atoms with Crippen LogP contribution < -0.4 is 0 Å². The number of carboxylic acids is 1. The Morgan fingerprint density at radius 2 is 1.86 bits per heavy atom. The van der Waals surface area contributed by atoms with Crippen molar-refractivity contribution in [2.45, 2.75) is 51.4 Å². The highest BCUT2D eigenvalue weighted by Gasteiger charge is 2.59. The summed E-state index contributed by atoms with van der Waals surface area (Å²) in [5.74, 6) is -1.38. The van der Waals surface area contributed by atoms with Gasteiger partial charge in [-0.15, -0.1) is 0 Å². The van der Waals surface area contributed by atoms with Crippen molar-refractivity contribution >= 4 is 20.1 Å². The summed E-state index contributed by atoms with van der Waals surface area (Å²) in [5, 5.41) is 9.54. The van der Waals surface area contributed by atoms with E-state index in [2.05, 4.69) is 38.8 Å². The van der Waals surface area contributed by atoms with Crippen molar-refractivity contribution in [3.8, 4) is 0 Å². The maximum absolute atomic E-state index is 12.7. The largest absolute Gasteiger partial charge is 0.480 e. The van der Waals surface area contributed by atoms with E-state index in [1.54, 1.807) is 17.0 Å². The van der Waals surface area contributed by atoms with Gasteiger partial charge in [0.05, 0.1) is 5.92 Å². The number of hydrogen-bond donors (Lipinski definition) is 1. The van der Waals surface area contributed by atoms with Crippen molar-refractivity contribution in [1.82, 2.24) is 9.55 Å². The minimum absolute atomic E-state index is 0.0178. The Labute approximate surface area is 132 Å². The zero-order chi connectivity index (χ0) is 16.7. The van der Waals surface area contributed by atoms with Crippen molar-refractivity contribution < 1.29 is 14.7 Å². The Kier molecular flexibility index (Phi) is 4.17. The van der Waals surface area contributed by atoms with Crippen molar-refractivity contribution in [3.63, 3.8) is 0 Å². The Balaban J connectivity index is 2.26. The molecule has 2 atom stereocenters. The highest BCUT2D eigenvalue weighted by atomic mass is 28.3. The highest BCUT2D eigenvalue weighted by Crippen LogP contribution is 2.45. The van der Waals surface area contributed by atoms with Crippen molar-refractivity contribution in [2.75, 3.05) is 0 Å². The van der Waals surface area contributed by atoms with Gasteiger partial charge in [-0.25, -0.2) is 4.79 Å². The number of pyridine rings is 1. The van der Waals surface area contributed by atoms with Crippen LogP contribution in [0.25, 0.3) is 0 Å². The molecule has 22 heavy (non-hydrogen) atoms. The van der Waals surface area contributed by atoms with Crippen LogP contribution in [-0.2, 0) is 16.0 Å². The first-order chi connectivity index (χ1) is 10.1. The number of carboxylic acid groups (broad SMARTS) is 1. The van der Waals surface area contributed by atoms with E-state index >= 15 is 0 Å². The Bertz CT molecular complexity index is 581. The van der Waals surface area contributed by atoms with Gasteiger partial charge >= 0.3 is 5.97 Å². The molecule has 1 N–H and O–H groups in total. The number of aliphatic carboxylic acids is 1. The molecule has 2 rings (SSSR count). The van der Waals surface area contributed by atoms with E-state index in [1.807, 2.05) is 12.1 Å². The van der Waals surface area contributed by atoms with Crippen LogP contribution in [0.15, 0.2) is 24.5 Å². The molecule has 2 heterocycles. The van der Waals surface area contributed by atoms with Crippen molar-refractivity contribution in [1.29, 1.82) is 0 Å². The maximum Gasteiger partial charge on any atom is 0.326 e. The summed E-state index contributed by atoms with van der Waals surface area (Å²) in [6.07, 6.45) is 3.79. The van der Waals surface area contributed by atoms with Crippen LogP contribution >= 0.6 is 0 Å². The molecule has 1 amide bonds. The van der Waals surface area contributed by atoms with Gasteiger partial charge in [0, 0.05) is 12.4 Å². The van der Waals surface area contributed by atoms with Crippen LogP contribution in [0, 0.1) is 5.92 Å². The molecule has 1 fully saturated rings. The Morgan fingerprint density at radius 3 is 2.32 bits per heavy atom. The van der Waals surface area contributed by atoms with Gasteiger partial charge in [0.25, 0.3) is 0 Å². The van der Waals surface area contributed by atoms with E-state index < -0.39 is 26.2 Å². The lowest BCUT2D eigenvalue weighted by atomic mass is 9.85. The monoisotopic (exact) mass is 320 g/mol. The molecule has 0 unspecified atom stereocenters. The van der Waals surface area contributed by atoms with E-state index in [-0.39, 0.29) is 10.9 Å². The lowest BCUT2D eigenvalue weighted by molar-refractivity contribution is -0.163. The summed E-state index contributed by atoms with van der Waals surface area (Å²) in [4.78, 5) is 28.3. The number of β-lactam (4-membered cyclic amide) rings is 1. The van der Waals surface area contributed by atoms with E-state index in [4.69, 9.17) is 0 Å². The summed E-state index contributed by atoms with van der Waals surface area (Å²) in [6.45, 7) is 10.4. The number of amides is 1. The summed E-state index contributed by atoms with van der Waals surface area (Å²) >= 11 is 0. The Hall–Kier alpha value is -1.69. The first-order valence-corrected chi connectivity index (χ1v) is 10.5. The van der Waals surface area contributed by atoms with Crippen LogP contribution in [0.2, 0.25) is 18.1 Å². The molecule has 0 aliphatic carbocycles. The quantitative estimate of drug-likeness (QED) is 0.683. The van der Waals surface area contributed by atoms with Gasteiger partial charge in [-0.2, -0.15) is 0 Å². The molecule has 0 radical (unpaired) electrons. The molecule has 0 aromatic carbocycles. The average Bonchev–Trinajstić information content (AvgIpc) is 2.40. The number of rotatable bonds is 4. The van der Waals surface area contributed by atoms with Gasteiger partial charge < -0.3 is 9.67 Å². The number of carbonyl (C=O) groups excluding carboxylic acids is 1. The third-order valence-corrected chi connectivity index (χ3v) is 10.5. The minimum Gasteiger partial charge on any atom is -0.480 e. The molecule has 5 nitrogen and oxygen atoms in total. The molecular formula is C16H24N2O3Si. The molecule has 6 heteroatoms. The lowest BCUT2D eigenvalue weighted by Gasteiger charge is -2.56. The van der Waals surface area contributed by atoms with Gasteiger partial charge in [-0.1, -0.05) is 33.9 Å². The molecular weight excluding hydrogens is 296 g/mol. The van der Waals surface area contributed by atoms with Crippen LogP contribution in [-0.4, -0.2) is 40.8 Å². The minimum atomic E-state index is -2.18. The summed E-state index contributed by atoms with van der Waals surface area (Å²) in [7, 11) is -2.18. The molecule has 1 saturated heterocycles. The summed E-state index contributed by atoms with van der Waals surface area (Å²) in [6, 6.07) is 2.96. The van der Waals surface area contributed by atoms with Crippen LogP contribution in [0.3, 0.4) is 0 Å². The number of aromatic nitrogens is 1. The van der Waals surface area contributed by atoms with Crippen LogP contribution in [0.4, 0.5) is 0 Å². The van der Waals surface area contributed by atoms with E-state index in [0.29, 0.717) is 6.42 Å². The predicted octanol–water partition coefficient (Wildman–Crippen LogP) is 2.54. The van der Waals surface area contributed by atoms with Gasteiger partial charge in [-0.3, -0.25) is 9.78 Å². The van der Waals surface area contributed by atoms with Crippen LogP contribution in [0.5, 0.6) is 0 Å². The molecule has 1 aromatic heterocycles. The molecule has 0 saturated carbocycles. The van der Waals surface area contributed by atoms with E-state index in [1.165, 1.54) is 0 Å². The fourth-order valence-electron chi connectivity index (χ4n) is 2.79.